The summed E-state index contributed by atoms with van der Waals surface area (Å²) in [7, 11) is 0. The summed E-state index contributed by atoms with van der Waals surface area (Å²) in [4.78, 5) is 11.4. The number of hydrogen-bond acceptors (Lipinski definition) is 3. The van der Waals surface area contributed by atoms with Crippen LogP contribution in [-0.2, 0) is 6.54 Å². The van der Waals surface area contributed by atoms with E-state index >= 15 is 0 Å². The molecule has 3 rings (SSSR count). The number of hydrogen-bond donors (Lipinski definition) is 0. The lowest BCUT2D eigenvalue weighted by Gasteiger charge is -2.24. The van der Waals surface area contributed by atoms with Crippen LogP contribution in [0.1, 0.15) is 55.7 Å². The van der Waals surface area contributed by atoms with E-state index in [0.29, 0.717) is 12.0 Å². The zero-order valence-corrected chi connectivity index (χ0v) is 13.2. The van der Waals surface area contributed by atoms with Gasteiger partial charge in [-0.3, -0.25) is 4.90 Å². The Labute approximate surface area is 131 Å². The van der Waals surface area contributed by atoms with Gasteiger partial charge >= 0.3 is 0 Å². The number of nitrogens with zero attached hydrogens (tertiary/aromatic N) is 3. The van der Waals surface area contributed by atoms with E-state index in [9.17, 15) is 4.39 Å². The second-order valence-corrected chi connectivity index (χ2v) is 6.24. The topological polar surface area (TPSA) is 29.0 Å². The van der Waals surface area contributed by atoms with Gasteiger partial charge in [-0.05, 0) is 43.1 Å². The molecular formula is C18H22FN3. The number of aromatic nitrogens is 2. The molecule has 116 valence electrons. The van der Waals surface area contributed by atoms with Crippen LogP contribution in [0.5, 0.6) is 0 Å². The predicted molar refractivity (Wildman–Crippen MR) is 84.9 cm³/mol. The summed E-state index contributed by atoms with van der Waals surface area (Å²) < 4.78 is 13.1. The van der Waals surface area contributed by atoms with Crippen molar-refractivity contribution < 1.29 is 4.39 Å². The quantitative estimate of drug-likeness (QED) is 0.852. The van der Waals surface area contributed by atoms with E-state index in [2.05, 4.69) is 28.7 Å². The fourth-order valence-electron chi connectivity index (χ4n) is 3.07. The van der Waals surface area contributed by atoms with Crippen molar-refractivity contribution in [2.45, 2.75) is 45.2 Å². The lowest BCUT2D eigenvalue weighted by molar-refractivity contribution is 0.245. The molecule has 1 aliphatic heterocycles. The molecule has 0 spiro atoms. The second-order valence-electron chi connectivity index (χ2n) is 6.24. The van der Waals surface area contributed by atoms with Crippen molar-refractivity contribution >= 4 is 0 Å². The molecule has 1 aromatic heterocycles. The van der Waals surface area contributed by atoms with E-state index in [1.807, 2.05) is 24.4 Å². The molecule has 1 fully saturated rings. The fourth-order valence-corrected chi connectivity index (χ4v) is 3.07. The van der Waals surface area contributed by atoms with Crippen molar-refractivity contribution in [2.75, 3.05) is 6.54 Å². The molecule has 0 N–H and O–H groups in total. The van der Waals surface area contributed by atoms with E-state index in [-0.39, 0.29) is 5.82 Å². The van der Waals surface area contributed by atoms with E-state index in [1.54, 1.807) is 12.1 Å². The van der Waals surface area contributed by atoms with Crippen LogP contribution >= 0.6 is 0 Å². The molecule has 1 atom stereocenters. The Hall–Kier alpha value is -1.81. The predicted octanol–water partition coefficient (Wildman–Crippen LogP) is 4.08. The maximum absolute atomic E-state index is 13.1. The van der Waals surface area contributed by atoms with Gasteiger partial charge in [-0.15, -0.1) is 0 Å². The first-order chi connectivity index (χ1) is 10.6. The summed E-state index contributed by atoms with van der Waals surface area (Å²) in [5.74, 6) is 1.06. The minimum absolute atomic E-state index is 0.175. The van der Waals surface area contributed by atoms with Gasteiger partial charge in [0.15, 0.2) is 0 Å². The summed E-state index contributed by atoms with van der Waals surface area (Å²) in [6.07, 6.45) is 4.14. The number of likely N-dealkylation sites (tertiary alicyclic amines) is 1. The van der Waals surface area contributed by atoms with Crippen LogP contribution in [0.15, 0.2) is 36.5 Å². The van der Waals surface area contributed by atoms with Crippen molar-refractivity contribution in [3.05, 3.63) is 59.4 Å². The largest absolute Gasteiger partial charge is 0.291 e. The lowest BCUT2D eigenvalue weighted by Crippen LogP contribution is -2.23. The second kappa shape index (κ2) is 6.53. The van der Waals surface area contributed by atoms with Crippen LogP contribution < -0.4 is 0 Å². The Balaban J connectivity index is 1.76. The molecule has 0 amide bonds. The van der Waals surface area contributed by atoms with Crippen molar-refractivity contribution in [2.24, 2.45) is 0 Å². The highest BCUT2D eigenvalue weighted by Gasteiger charge is 2.26. The van der Waals surface area contributed by atoms with E-state index in [1.165, 1.54) is 12.0 Å². The monoisotopic (exact) mass is 299 g/mol. The van der Waals surface area contributed by atoms with Gasteiger partial charge in [0.2, 0.25) is 0 Å². The zero-order chi connectivity index (χ0) is 15.5. The highest BCUT2D eigenvalue weighted by Crippen LogP contribution is 2.33. The van der Waals surface area contributed by atoms with E-state index in [4.69, 9.17) is 0 Å². The van der Waals surface area contributed by atoms with E-state index in [0.717, 1.165) is 31.0 Å². The van der Waals surface area contributed by atoms with Crippen LogP contribution in [0.3, 0.4) is 0 Å². The Morgan fingerprint density at radius 2 is 2.00 bits per heavy atom. The Morgan fingerprint density at radius 3 is 2.73 bits per heavy atom. The molecule has 0 saturated carbocycles. The van der Waals surface area contributed by atoms with Crippen molar-refractivity contribution in [1.82, 2.24) is 14.9 Å². The van der Waals surface area contributed by atoms with Crippen LogP contribution in [0.2, 0.25) is 0 Å². The van der Waals surface area contributed by atoms with Crippen LogP contribution in [0.4, 0.5) is 4.39 Å². The van der Waals surface area contributed by atoms with Crippen molar-refractivity contribution in [3.8, 4) is 0 Å². The number of benzene rings is 1. The van der Waals surface area contributed by atoms with Crippen molar-refractivity contribution in [1.29, 1.82) is 0 Å². The third kappa shape index (κ3) is 3.33. The first-order valence-electron chi connectivity index (χ1n) is 7.95. The standard InChI is InChI=1S/C18H22FN3/c1-13(2)18-20-10-9-16(21-18)12-22-11-3-4-17(22)14-5-7-15(19)8-6-14/h5-10,13,17H,3-4,11-12H2,1-2H3/t17-/m0/s1. The minimum Gasteiger partial charge on any atom is -0.291 e. The van der Waals surface area contributed by atoms with Crippen LogP contribution in [-0.4, -0.2) is 21.4 Å². The summed E-state index contributed by atoms with van der Waals surface area (Å²) in [5, 5.41) is 0. The normalized spacial score (nSPS) is 19.0. The summed E-state index contributed by atoms with van der Waals surface area (Å²) >= 11 is 0. The molecule has 0 radical (unpaired) electrons. The minimum atomic E-state index is -0.175. The Morgan fingerprint density at radius 1 is 1.23 bits per heavy atom. The SMILES string of the molecule is CC(C)c1nccc(CN2CCC[C@H]2c2ccc(F)cc2)n1. The maximum Gasteiger partial charge on any atom is 0.131 e. The summed E-state index contributed by atoms with van der Waals surface area (Å²) in [6.45, 7) is 6.10. The molecular weight excluding hydrogens is 277 g/mol. The van der Waals surface area contributed by atoms with Gasteiger partial charge in [0, 0.05) is 24.7 Å². The Kier molecular flexibility index (Phi) is 4.48. The smallest absolute Gasteiger partial charge is 0.131 e. The molecule has 22 heavy (non-hydrogen) atoms. The maximum atomic E-state index is 13.1. The highest BCUT2D eigenvalue weighted by atomic mass is 19.1. The summed E-state index contributed by atoms with van der Waals surface area (Å²) in [6, 6.07) is 9.25. The van der Waals surface area contributed by atoms with Crippen LogP contribution in [0, 0.1) is 5.82 Å². The molecule has 2 aromatic rings. The van der Waals surface area contributed by atoms with Gasteiger partial charge in [0.05, 0.1) is 5.69 Å². The molecule has 0 aliphatic carbocycles. The van der Waals surface area contributed by atoms with Gasteiger partial charge in [0.1, 0.15) is 11.6 Å². The van der Waals surface area contributed by atoms with Crippen LogP contribution in [0.25, 0.3) is 0 Å². The first-order valence-corrected chi connectivity index (χ1v) is 7.95. The third-order valence-electron chi connectivity index (χ3n) is 4.23. The van der Waals surface area contributed by atoms with Crippen molar-refractivity contribution in [3.63, 3.8) is 0 Å². The van der Waals surface area contributed by atoms with Gasteiger partial charge in [-0.25, -0.2) is 14.4 Å². The molecule has 1 aliphatic rings. The average Bonchev–Trinajstić information content (AvgIpc) is 2.96. The number of halogens is 1. The van der Waals surface area contributed by atoms with Gasteiger partial charge in [0.25, 0.3) is 0 Å². The molecule has 0 unspecified atom stereocenters. The van der Waals surface area contributed by atoms with Gasteiger partial charge < -0.3 is 0 Å². The fraction of sp³-hybridized carbons (Fsp3) is 0.444. The number of rotatable bonds is 4. The molecule has 1 aromatic carbocycles. The molecule has 1 saturated heterocycles. The zero-order valence-electron chi connectivity index (χ0n) is 13.2. The van der Waals surface area contributed by atoms with Gasteiger partial charge in [-0.1, -0.05) is 26.0 Å². The van der Waals surface area contributed by atoms with E-state index < -0.39 is 0 Å². The highest BCUT2D eigenvalue weighted by molar-refractivity contribution is 5.21. The van der Waals surface area contributed by atoms with Gasteiger partial charge in [-0.2, -0.15) is 0 Å². The Bertz CT molecular complexity index is 624. The molecule has 4 heteroatoms. The first kappa shape index (κ1) is 15.1. The molecule has 3 nitrogen and oxygen atoms in total. The third-order valence-corrected chi connectivity index (χ3v) is 4.23. The lowest BCUT2D eigenvalue weighted by atomic mass is 10.0. The summed E-state index contributed by atoms with van der Waals surface area (Å²) in [5.41, 5.74) is 2.25. The average molecular weight is 299 g/mol. The molecule has 0 bridgehead atoms. The molecule has 2 heterocycles.